The average Bonchev–Trinajstić information content (AvgIpc) is 3.39. The van der Waals surface area contributed by atoms with Crippen molar-refractivity contribution in [3.8, 4) is 11.6 Å². The maximum Gasteiger partial charge on any atom is 0.279 e. The highest BCUT2D eigenvalue weighted by atomic mass is 35.5. The molecule has 1 aliphatic heterocycles. The van der Waals surface area contributed by atoms with Crippen molar-refractivity contribution in [2.24, 2.45) is 0 Å². The molecule has 0 spiro atoms. The number of nitrogens with zero attached hydrogens (tertiary/aromatic N) is 4. The number of nitrogens with one attached hydrogen (secondary N) is 1. The van der Waals surface area contributed by atoms with Crippen molar-refractivity contribution in [1.82, 2.24) is 20.3 Å². The van der Waals surface area contributed by atoms with Gasteiger partial charge in [0.25, 0.3) is 5.89 Å². The fourth-order valence-electron chi connectivity index (χ4n) is 3.44. The highest BCUT2D eigenvalue weighted by Gasteiger charge is 2.36. The number of carbonyl (C=O) groups is 1. The van der Waals surface area contributed by atoms with Gasteiger partial charge in [-0.25, -0.2) is 4.39 Å². The summed E-state index contributed by atoms with van der Waals surface area (Å²) in [5.41, 5.74) is 1.61. The fourth-order valence-corrected chi connectivity index (χ4v) is 3.60. The van der Waals surface area contributed by atoms with Gasteiger partial charge in [-0.15, -0.1) is 0 Å². The van der Waals surface area contributed by atoms with Crippen LogP contribution >= 0.6 is 11.6 Å². The van der Waals surface area contributed by atoms with Gasteiger partial charge in [-0.3, -0.25) is 9.89 Å². The quantitative estimate of drug-likeness (QED) is 0.566. The second kappa shape index (κ2) is 6.42. The topological polar surface area (TPSA) is 87.9 Å². The molecular weight excluding hydrogens is 385 g/mol. The lowest BCUT2D eigenvalue weighted by atomic mass is 10.1. The van der Waals surface area contributed by atoms with Gasteiger partial charge < -0.3 is 9.42 Å². The highest BCUT2D eigenvalue weighted by Crippen LogP contribution is 2.34. The van der Waals surface area contributed by atoms with Crippen molar-refractivity contribution in [2.45, 2.75) is 12.3 Å². The Bertz CT molecular complexity index is 1200. The molecular formula is C19H13ClFN5O2. The van der Waals surface area contributed by atoms with Gasteiger partial charge in [-0.05, 0) is 24.3 Å². The van der Waals surface area contributed by atoms with Crippen molar-refractivity contribution >= 4 is 34.1 Å². The first-order valence-corrected chi connectivity index (χ1v) is 9.00. The molecule has 9 heteroatoms. The van der Waals surface area contributed by atoms with Crippen LogP contribution in [0.5, 0.6) is 0 Å². The summed E-state index contributed by atoms with van der Waals surface area (Å²) < 4.78 is 19.6. The summed E-state index contributed by atoms with van der Waals surface area (Å²) in [5.74, 6) is -0.380. The van der Waals surface area contributed by atoms with E-state index in [-0.39, 0.29) is 41.4 Å². The van der Waals surface area contributed by atoms with E-state index >= 15 is 0 Å². The molecule has 3 heterocycles. The molecule has 28 heavy (non-hydrogen) atoms. The Hall–Kier alpha value is -3.26. The number of rotatable bonds is 3. The lowest BCUT2D eigenvalue weighted by Gasteiger charge is -2.17. The van der Waals surface area contributed by atoms with Crippen LogP contribution in [0.4, 0.5) is 10.1 Å². The Morgan fingerprint density at radius 2 is 2.11 bits per heavy atom. The Morgan fingerprint density at radius 1 is 1.25 bits per heavy atom. The lowest BCUT2D eigenvalue weighted by Crippen LogP contribution is -2.25. The molecule has 1 amide bonds. The molecule has 0 radical (unpaired) electrons. The van der Waals surface area contributed by atoms with E-state index in [1.165, 1.54) is 17.0 Å². The predicted octanol–water partition coefficient (Wildman–Crippen LogP) is 3.93. The maximum absolute atomic E-state index is 14.2. The second-order valence-corrected chi connectivity index (χ2v) is 7.01. The van der Waals surface area contributed by atoms with E-state index in [0.717, 1.165) is 10.9 Å². The van der Waals surface area contributed by atoms with Crippen LogP contribution in [0.15, 0.2) is 47.0 Å². The first-order chi connectivity index (χ1) is 13.6. The molecule has 2 aromatic carbocycles. The molecule has 0 aliphatic carbocycles. The van der Waals surface area contributed by atoms with Gasteiger partial charge >= 0.3 is 0 Å². The fraction of sp³-hybridized carbons (Fsp3) is 0.158. The third kappa shape index (κ3) is 2.73. The van der Waals surface area contributed by atoms with Gasteiger partial charge in [-0.2, -0.15) is 10.1 Å². The number of H-pyrrole nitrogens is 1. The van der Waals surface area contributed by atoms with Crippen molar-refractivity contribution in [1.29, 1.82) is 0 Å². The van der Waals surface area contributed by atoms with Gasteiger partial charge in [0, 0.05) is 29.3 Å². The third-order valence-corrected chi connectivity index (χ3v) is 5.04. The van der Waals surface area contributed by atoms with Crippen LogP contribution < -0.4 is 4.90 Å². The number of aromatic nitrogens is 4. The number of hydrogen-bond donors (Lipinski definition) is 1. The van der Waals surface area contributed by atoms with Gasteiger partial charge in [0.2, 0.25) is 5.91 Å². The van der Waals surface area contributed by atoms with Crippen LogP contribution in [0.25, 0.3) is 22.5 Å². The van der Waals surface area contributed by atoms with Crippen LogP contribution in [0, 0.1) is 5.82 Å². The number of amides is 1. The minimum absolute atomic E-state index is 0.169. The summed E-state index contributed by atoms with van der Waals surface area (Å²) in [5, 5.41) is 12.3. The van der Waals surface area contributed by atoms with Crippen molar-refractivity contribution in [3.05, 3.63) is 59.1 Å². The molecule has 7 nitrogen and oxygen atoms in total. The molecule has 1 saturated heterocycles. The Labute approximate surface area is 163 Å². The van der Waals surface area contributed by atoms with E-state index in [0.29, 0.717) is 11.5 Å². The van der Waals surface area contributed by atoms with E-state index in [9.17, 15) is 9.18 Å². The van der Waals surface area contributed by atoms with E-state index in [2.05, 4.69) is 20.3 Å². The number of hydrogen-bond acceptors (Lipinski definition) is 5. The minimum Gasteiger partial charge on any atom is -0.332 e. The standard InChI is InChI=1S/C19H13ClFN5O2/c20-11-5-6-15(13(21)8-11)26-9-10(7-16(26)27)18-22-19(28-25-18)17-12-3-1-2-4-14(12)23-24-17/h1-6,8,10H,7,9H2,(H,23,24). The SMILES string of the molecule is O=C1CC(c2noc(-c3n[nH]c4ccccc34)n2)CN1c1ccc(Cl)cc1F. The normalized spacial score (nSPS) is 17.0. The molecule has 5 rings (SSSR count). The van der Waals surface area contributed by atoms with Crippen LogP contribution in [-0.4, -0.2) is 32.8 Å². The average molecular weight is 398 g/mol. The molecule has 1 unspecified atom stereocenters. The van der Waals surface area contributed by atoms with Crippen LogP contribution in [0.3, 0.4) is 0 Å². The molecule has 0 bridgehead atoms. The Kier molecular flexibility index (Phi) is 3.87. The van der Waals surface area contributed by atoms with Crippen LogP contribution in [-0.2, 0) is 4.79 Å². The third-order valence-electron chi connectivity index (χ3n) is 4.81. The lowest BCUT2D eigenvalue weighted by molar-refractivity contribution is -0.117. The summed E-state index contributed by atoms with van der Waals surface area (Å²) in [6.45, 7) is 0.262. The zero-order valence-corrected chi connectivity index (χ0v) is 15.2. The molecule has 0 saturated carbocycles. The van der Waals surface area contributed by atoms with E-state index < -0.39 is 5.82 Å². The van der Waals surface area contributed by atoms with Crippen LogP contribution in [0.1, 0.15) is 18.2 Å². The summed E-state index contributed by atoms with van der Waals surface area (Å²) in [4.78, 5) is 18.2. The molecule has 1 atom stereocenters. The van der Waals surface area contributed by atoms with Gasteiger partial charge in [0.05, 0.1) is 11.2 Å². The second-order valence-electron chi connectivity index (χ2n) is 6.58. The van der Waals surface area contributed by atoms with Crippen molar-refractivity contribution < 1.29 is 13.7 Å². The molecule has 1 aliphatic rings. The van der Waals surface area contributed by atoms with E-state index in [4.69, 9.17) is 16.1 Å². The number of anilines is 1. The van der Waals surface area contributed by atoms with E-state index in [1.807, 2.05) is 24.3 Å². The number of carbonyl (C=O) groups excluding carboxylic acids is 1. The largest absolute Gasteiger partial charge is 0.332 e. The zero-order valence-electron chi connectivity index (χ0n) is 14.4. The summed E-state index contributed by atoms with van der Waals surface area (Å²) in [7, 11) is 0. The molecule has 2 aromatic heterocycles. The predicted molar refractivity (Wildman–Crippen MR) is 101 cm³/mol. The first-order valence-electron chi connectivity index (χ1n) is 8.62. The monoisotopic (exact) mass is 397 g/mol. The summed E-state index contributed by atoms with van der Waals surface area (Å²) >= 11 is 5.79. The number of halogens is 2. The minimum atomic E-state index is -0.543. The van der Waals surface area contributed by atoms with E-state index in [1.54, 1.807) is 6.07 Å². The number of aromatic amines is 1. The molecule has 1 fully saturated rings. The summed E-state index contributed by atoms with van der Waals surface area (Å²) in [6.07, 6.45) is 0.169. The molecule has 4 aromatic rings. The van der Waals surface area contributed by atoms with Gasteiger partial charge in [-0.1, -0.05) is 35.0 Å². The Balaban J connectivity index is 1.43. The highest BCUT2D eigenvalue weighted by molar-refractivity contribution is 6.30. The number of fused-ring (bicyclic) bond motifs is 1. The zero-order chi connectivity index (χ0) is 19.3. The Morgan fingerprint density at radius 3 is 2.96 bits per heavy atom. The number of benzene rings is 2. The van der Waals surface area contributed by atoms with Crippen molar-refractivity contribution in [3.63, 3.8) is 0 Å². The number of para-hydroxylation sites is 1. The maximum atomic E-state index is 14.2. The molecule has 140 valence electrons. The van der Waals surface area contributed by atoms with Crippen molar-refractivity contribution in [2.75, 3.05) is 11.4 Å². The van der Waals surface area contributed by atoms with Gasteiger partial charge in [0.15, 0.2) is 11.5 Å². The van der Waals surface area contributed by atoms with Gasteiger partial charge in [0.1, 0.15) is 5.82 Å². The smallest absolute Gasteiger partial charge is 0.279 e. The first kappa shape index (κ1) is 16.9. The van der Waals surface area contributed by atoms with Crippen LogP contribution in [0.2, 0.25) is 5.02 Å². The molecule has 1 N–H and O–H groups in total. The summed E-state index contributed by atoms with van der Waals surface area (Å²) in [6, 6.07) is 11.8.